The van der Waals surface area contributed by atoms with Gasteiger partial charge in [0, 0.05) is 0 Å². The summed E-state index contributed by atoms with van der Waals surface area (Å²) in [6.07, 6.45) is -1.47. The van der Waals surface area contributed by atoms with E-state index in [1.54, 1.807) is 0 Å². The third-order valence-corrected chi connectivity index (χ3v) is 3.20. The standard InChI is InChI=1S/C13H22N6O6/c1-5(21)10(6(2)22)17-13(24)16-8(3-9(15)23)12-18-11(19-25-12)7(14)4-20/h5,7-8,10,20-21H,3-4,14H2,1-2H3,(H2,15,23)(H2,16,17,24)/t5?,7-,8-,10+/m1/s1. The molecule has 1 aromatic rings. The highest BCUT2D eigenvalue weighted by Crippen LogP contribution is 2.16. The molecule has 140 valence electrons. The van der Waals surface area contributed by atoms with Crippen molar-refractivity contribution in [2.24, 2.45) is 11.5 Å². The number of ketones is 1. The fourth-order valence-corrected chi connectivity index (χ4v) is 1.93. The van der Waals surface area contributed by atoms with Crippen LogP contribution in [0.5, 0.6) is 0 Å². The van der Waals surface area contributed by atoms with Crippen molar-refractivity contribution in [2.45, 2.75) is 44.5 Å². The highest BCUT2D eigenvalue weighted by atomic mass is 16.5. The molecule has 0 saturated carbocycles. The van der Waals surface area contributed by atoms with Crippen LogP contribution in [0.25, 0.3) is 0 Å². The Morgan fingerprint density at radius 3 is 2.44 bits per heavy atom. The van der Waals surface area contributed by atoms with E-state index in [9.17, 15) is 19.5 Å². The number of hydrogen-bond acceptors (Lipinski definition) is 9. The summed E-state index contributed by atoms with van der Waals surface area (Å²) in [5.74, 6) is -1.37. The number of aliphatic hydroxyl groups excluding tert-OH is 2. The summed E-state index contributed by atoms with van der Waals surface area (Å²) in [7, 11) is 0. The first-order valence-corrected chi connectivity index (χ1v) is 7.39. The lowest BCUT2D eigenvalue weighted by Crippen LogP contribution is -2.51. The van der Waals surface area contributed by atoms with Crippen LogP contribution in [0.15, 0.2) is 4.52 Å². The number of nitrogens with two attached hydrogens (primary N) is 2. The lowest BCUT2D eigenvalue weighted by molar-refractivity contribution is -0.121. The molecule has 1 aromatic heterocycles. The molecule has 0 bridgehead atoms. The van der Waals surface area contributed by atoms with E-state index >= 15 is 0 Å². The Morgan fingerprint density at radius 1 is 1.32 bits per heavy atom. The smallest absolute Gasteiger partial charge is 0.316 e. The van der Waals surface area contributed by atoms with Gasteiger partial charge in [-0.15, -0.1) is 0 Å². The molecule has 0 aliphatic heterocycles. The van der Waals surface area contributed by atoms with Gasteiger partial charge in [0.1, 0.15) is 12.1 Å². The number of carbonyl (C=O) groups excluding carboxylic acids is 3. The number of aromatic nitrogens is 2. The minimum atomic E-state index is -1.13. The van der Waals surface area contributed by atoms with E-state index in [1.807, 2.05) is 0 Å². The highest BCUT2D eigenvalue weighted by molar-refractivity contribution is 5.87. The molecular formula is C13H22N6O6. The van der Waals surface area contributed by atoms with E-state index in [4.69, 9.17) is 21.1 Å². The van der Waals surface area contributed by atoms with Gasteiger partial charge in [-0.05, 0) is 13.8 Å². The topological polar surface area (TPSA) is 207 Å². The third-order valence-electron chi connectivity index (χ3n) is 3.20. The summed E-state index contributed by atoms with van der Waals surface area (Å²) in [6, 6.07) is -3.95. The molecule has 0 aromatic carbocycles. The number of aliphatic hydroxyl groups is 2. The van der Waals surface area contributed by atoms with Crippen LogP contribution in [0.3, 0.4) is 0 Å². The number of rotatable bonds is 9. The molecule has 0 aliphatic carbocycles. The van der Waals surface area contributed by atoms with Gasteiger partial charge in [-0.2, -0.15) is 4.98 Å². The van der Waals surface area contributed by atoms with Gasteiger partial charge < -0.3 is 36.8 Å². The van der Waals surface area contributed by atoms with Crippen molar-refractivity contribution >= 4 is 17.7 Å². The Morgan fingerprint density at radius 2 is 1.96 bits per heavy atom. The van der Waals surface area contributed by atoms with Crippen molar-refractivity contribution < 1.29 is 29.1 Å². The molecule has 25 heavy (non-hydrogen) atoms. The van der Waals surface area contributed by atoms with Crippen LogP contribution in [0.4, 0.5) is 4.79 Å². The molecule has 1 rings (SSSR count). The van der Waals surface area contributed by atoms with E-state index in [0.29, 0.717) is 0 Å². The van der Waals surface area contributed by atoms with E-state index in [0.717, 1.165) is 0 Å². The predicted molar refractivity (Wildman–Crippen MR) is 82.7 cm³/mol. The molecular weight excluding hydrogens is 336 g/mol. The van der Waals surface area contributed by atoms with Gasteiger partial charge >= 0.3 is 6.03 Å². The molecule has 0 fully saturated rings. The number of nitrogens with one attached hydrogen (secondary N) is 2. The maximum Gasteiger partial charge on any atom is 0.316 e. The number of carbonyl (C=O) groups is 3. The summed E-state index contributed by atoms with van der Waals surface area (Å²) in [4.78, 5) is 38.6. The van der Waals surface area contributed by atoms with Crippen LogP contribution >= 0.6 is 0 Å². The number of urea groups is 1. The summed E-state index contributed by atoms with van der Waals surface area (Å²) < 4.78 is 4.93. The second-order valence-corrected chi connectivity index (χ2v) is 5.45. The van der Waals surface area contributed by atoms with Crippen molar-refractivity contribution in [3.63, 3.8) is 0 Å². The van der Waals surface area contributed by atoms with Gasteiger partial charge in [0.2, 0.25) is 11.8 Å². The zero-order chi connectivity index (χ0) is 19.1. The van der Waals surface area contributed by atoms with Gasteiger partial charge in [-0.1, -0.05) is 5.16 Å². The van der Waals surface area contributed by atoms with Crippen molar-refractivity contribution in [2.75, 3.05) is 6.61 Å². The zero-order valence-electron chi connectivity index (χ0n) is 13.8. The predicted octanol–water partition coefficient (Wildman–Crippen LogP) is -2.38. The summed E-state index contributed by atoms with van der Waals surface area (Å²) in [5, 5.41) is 26.7. The number of primary amides is 1. The minimum absolute atomic E-state index is 0.0141. The number of Topliss-reactive ketones (excluding diaryl/α,β-unsaturated/α-hetero) is 1. The number of nitrogens with zero attached hydrogens (tertiary/aromatic N) is 2. The van der Waals surface area contributed by atoms with Crippen molar-refractivity contribution in [1.82, 2.24) is 20.8 Å². The quantitative estimate of drug-likeness (QED) is 0.278. The molecule has 0 aliphatic rings. The summed E-state index contributed by atoms with van der Waals surface area (Å²) in [5.41, 5.74) is 10.7. The number of hydrogen-bond donors (Lipinski definition) is 6. The Labute approximate surface area is 142 Å². The molecule has 12 nitrogen and oxygen atoms in total. The number of amides is 3. The first-order valence-electron chi connectivity index (χ1n) is 7.39. The first-order chi connectivity index (χ1) is 11.6. The Bertz CT molecular complexity index is 618. The van der Waals surface area contributed by atoms with Gasteiger partial charge in [-0.25, -0.2) is 4.79 Å². The van der Waals surface area contributed by atoms with Crippen LogP contribution in [-0.2, 0) is 9.59 Å². The lowest BCUT2D eigenvalue weighted by atomic mass is 10.1. The van der Waals surface area contributed by atoms with Crippen LogP contribution < -0.4 is 22.1 Å². The van der Waals surface area contributed by atoms with Gasteiger partial charge in [0.25, 0.3) is 0 Å². The summed E-state index contributed by atoms with van der Waals surface area (Å²) >= 11 is 0. The molecule has 1 unspecified atom stereocenters. The van der Waals surface area contributed by atoms with Crippen LogP contribution in [0, 0.1) is 0 Å². The van der Waals surface area contributed by atoms with E-state index < -0.39 is 48.6 Å². The van der Waals surface area contributed by atoms with Crippen molar-refractivity contribution in [3.8, 4) is 0 Å². The fourth-order valence-electron chi connectivity index (χ4n) is 1.93. The monoisotopic (exact) mass is 358 g/mol. The Kier molecular flexibility index (Phi) is 7.42. The normalized spacial score (nSPS) is 15.7. The fraction of sp³-hybridized carbons (Fsp3) is 0.615. The molecule has 12 heteroatoms. The van der Waals surface area contributed by atoms with Gasteiger partial charge in [-0.3, -0.25) is 9.59 Å². The molecule has 4 atom stereocenters. The van der Waals surface area contributed by atoms with Crippen LogP contribution in [0.1, 0.15) is 44.1 Å². The van der Waals surface area contributed by atoms with E-state index in [-0.39, 0.29) is 18.1 Å². The zero-order valence-corrected chi connectivity index (χ0v) is 13.8. The largest absolute Gasteiger partial charge is 0.394 e. The average molecular weight is 358 g/mol. The maximum absolute atomic E-state index is 12.0. The van der Waals surface area contributed by atoms with E-state index in [2.05, 4.69) is 20.8 Å². The molecule has 0 spiro atoms. The van der Waals surface area contributed by atoms with Crippen LogP contribution in [0.2, 0.25) is 0 Å². The Balaban J connectivity index is 2.89. The van der Waals surface area contributed by atoms with Gasteiger partial charge in [0.15, 0.2) is 11.6 Å². The molecule has 0 radical (unpaired) electrons. The van der Waals surface area contributed by atoms with Crippen molar-refractivity contribution in [1.29, 1.82) is 0 Å². The Hall–Kier alpha value is -2.57. The lowest BCUT2D eigenvalue weighted by Gasteiger charge is -2.20. The van der Waals surface area contributed by atoms with E-state index in [1.165, 1.54) is 13.8 Å². The second-order valence-electron chi connectivity index (χ2n) is 5.45. The SMILES string of the molecule is CC(=O)[C@@H](NC(=O)N[C@H](CC(N)=O)c1nc([C@H](N)CO)no1)C(C)O. The third kappa shape index (κ3) is 6.10. The van der Waals surface area contributed by atoms with Gasteiger partial charge in [0.05, 0.1) is 25.2 Å². The molecule has 0 saturated heterocycles. The van der Waals surface area contributed by atoms with Crippen molar-refractivity contribution in [3.05, 3.63) is 11.7 Å². The molecule has 8 N–H and O–H groups in total. The first kappa shape index (κ1) is 20.5. The minimum Gasteiger partial charge on any atom is -0.394 e. The van der Waals surface area contributed by atoms with Crippen LogP contribution in [-0.4, -0.2) is 56.8 Å². The molecule has 3 amide bonds. The maximum atomic E-state index is 12.0. The second kappa shape index (κ2) is 9.05. The highest BCUT2D eigenvalue weighted by Gasteiger charge is 2.27. The molecule has 1 heterocycles. The summed E-state index contributed by atoms with van der Waals surface area (Å²) in [6.45, 7) is 2.12. The average Bonchev–Trinajstić information content (AvgIpc) is 3.00.